The van der Waals surface area contributed by atoms with Crippen LogP contribution >= 0.6 is 0 Å². The fourth-order valence-corrected chi connectivity index (χ4v) is 1.71. The van der Waals surface area contributed by atoms with Crippen LogP contribution in [0, 0.1) is 0 Å². The molecule has 1 unspecified atom stereocenters. The molecule has 0 saturated heterocycles. The molecule has 0 aliphatic rings. The van der Waals surface area contributed by atoms with E-state index in [1.165, 1.54) is 6.92 Å². The van der Waals surface area contributed by atoms with E-state index in [0.717, 1.165) is 16.5 Å². The summed E-state index contributed by atoms with van der Waals surface area (Å²) in [5.41, 5.74) is 0.465. The number of ether oxygens (including phenoxy) is 1. The van der Waals surface area contributed by atoms with Crippen molar-refractivity contribution in [2.24, 2.45) is 0 Å². The minimum atomic E-state index is -1.63. The fourth-order valence-electron chi connectivity index (χ4n) is 1.71. The van der Waals surface area contributed by atoms with E-state index in [4.69, 9.17) is 11.2 Å². The molecule has 88 valence electrons. The van der Waals surface area contributed by atoms with Gasteiger partial charge in [-0.15, -0.1) is 0 Å². The number of hydrogen-bond donors (Lipinski definition) is 1. The summed E-state index contributed by atoms with van der Waals surface area (Å²) in [5, 5.41) is 10.9. The van der Waals surface area contributed by atoms with Gasteiger partial charge in [0.2, 0.25) is 0 Å². The van der Waals surface area contributed by atoms with Crippen molar-refractivity contribution in [3.63, 3.8) is 0 Å². The standard InChI is InChI=1S/C14H14O3/c1-9(14(15)16)10-3-4-12-8-13(17-2)6-5-11(12)7-10/h3-9H,1-2H3,(H,15,16)/i9D. The predicted octanol–water partition coefficient (Wildman–Crippen LogP) is 3.04. The first-order valence-electron chi connectivity index (χ1n) is 5.77. The molecule has 0 fully saturated rings. The van der Waals surface area contributed by atoms with Crippen molar-refractivity contribution < 1.29 is 16.0 Å². The number of aliphatic carboxylic acids is 1. The monoisotopic (exact) mass is 231 g/mol. The summed E-state index contributed by atoms with van der Waals surface area (Å²) < 4.78 is 13.0. The molecule has 1 N–H and O–H groups in total. The lowest BCUT2D eigenvalue weighted by atomic mass is 9.98. The molecule has 1 atom stereocenters. The third kappa shape index (κ3) is 2.23. The zero-order chi connectivity index (χ0) is 13.3. The molecule has 2 aromatic carbocycles. The van der Waals surface area contributed by atoms with Crippen molar-refractivity contribution in [2.75, 3.05) is 7.11 Å². The summed E-state index contributed by atoms with van der Waals surface area (Å²) in [6.07, 6.45) is 0. The average molecular weight is 231 g/mol. The fraction of sp³-hybridized carbons (Fsp3) is 0.214. The molecular weight excluding hydrogens is 216 g/mol. The topological polar surface area (TPSA) is 46.5 Å². The Morgan fingerprint density at radius 2 is 1.94 bits per heavy atom. The van der Waals surface area contributed by atoms with Gasteiger partial charge in [-0.25, -0.2) is 0 Å². The van der Waals surface area contributed by atoms with Gasteiger partial charge in [-0.05, 0) is 35.4 Å². The molecule has 3 heteroatoms. The third-order valence-corrected chi connectivity index (χ3v) is 2.80. The molecule has 0 aliphatic heterocycles. The second-order valence-corrected chi connectivity index (χ2v) is 3.86. The molecule has 0 amide bonds. The average Bonchev–Trinajstić information content (AvgIpc) is 2.37. The zero-order valence-corrected chi connectivity index (χ0v) is 9.73. The molecule has 2 rings (SSSR count). The lowest BCUT2D eigenvalue weighted by molar-refractivity contribution is -0.138. The van der Waals surface area contributed by atoms with Crippen LogP contribution in [0.5, 0.6) is 5.75 Å². The van der Waals surface area contributed by atoms with Crippen LogP contribution in [0.1, 0.15) is 19.8 Å². The second kappa shape index (κ2) is 4.45. The Kier molecular flexibility index (Phi) is 2.66. The molecule has 0 spiro atoms. The van der Waals surface area contributed by atoms with Gasteiger partial charge in [-0.1, -0.05) is 24.3 Å². The first-order chi connectivity index (χ1) is 8.45. The summed E-state index contributed by atoms with van der Waals surface area (Å²) in [7, 11) is 1.60. The van der Waals surface area contributed by atoms with Gasteiger partial charge in [-0.3, -0.25) is 4.79 Å². The molecule has 0 saturated carbocycles. The van der Waals surface area contributed by atoms with Gasteiger partial charge in [0.15, 0.2) is 0 Å². The third-order valence-electron chi connectivity index (χ3n) is 2.80. The van der Waals surface area contributed by atoms with Crippen molar-refractivity contribution in [3.05, 3.63) is 42.0 Å². The number of methoxy groups -OCH3 is 1. The smallest absolute Gasteiger partial charge is 0.310 e. The van der Waals surface area contributed by atoms with Crippen LogP contribution in [0.3, 0.4) is 0 Å². The van der Waals surface area contributed by atoms with Gasteiger partial charge >= 0.3 is 5.97 Å². The van der Waals surface area contributed by atoms with Crippen LogP contribution in [0.15, 0.2) is 36.4 Å². The maximum Gasteiger partial charge on any atom is 0.310 e. The van der Waals surface area contributed by atoms with Crippen LogP contribution in [0.25, 0.3) is 10.8 Å². The van der Waals surface area contributed by atoms with Gasteiger partial charge < -0.3 is 9.84 Å². The Balaban J connectivity index is 2.55. The van der Waals surface area contributed by atoms with Crippen molar-refractivity contribution in [2.45, 2.75) is 12.8 Å². The maximum absolute atomic E-state index is 11.1. The molecule has 3 nitrogen and oxygen atoms in total. The molecule has 0 bridgehead atoms. The Morgan fingerprint density at radius 3 is 2.59 bits per heavy atom. The molecular formula is C14H14O3. The Morgan fingerprint density at radius 1 is 1.29 bits per heavy atom. The van der Waals surface area contributed by atoms with Gasteiger partial charge in [0.1, 0.15) is 5.75 Å². The van der Waals surface area contributed by atoms with Crippen LogP contribution in [-0.4, -0.2) is 18.2 Å². The number of carboxylic acids is 1. The SMILES string of the molecule is [2H]C(C)(C(=O)O)c1ccc2cc(OC)ccc2c1. The van der Waals surface area contributed by atoms with Crippen molar-refractivity contribution in [3.8, 4) is 5.75 Å². The summed E-state index contributed by atoms with van der Waals surface area (Å²) in [6.45, 7) is 1.38. The summed E-state index contributed by atoms with van der Waals surface area (Å²) in [5.74, 6) is -2.04. The second-order valence-electron chi connectivity index (χ2n) is 3.86. The number of benzene rings is 2. The van der Waals surface area contributed by atoms with Gasteiger partial charge in [0.05, 0.1) is 13.0 Å². The normalized spacial score (nSPS) is 15.1. The molecule has 0 aliphatic carbocycles. The Hall–Kier alpha value is -2.03. The van der Waals surface area contributed by atoms with Crippen LogP contribution in [-0.2, 0) is 4.79 Å². The highest BCUT2D eigenvalue weighted by Crippen LogP contribution is 2.25. The van der Waals surface area contributed by atoms with Crippen molar-refractivity contribution in [1.82, 2.24) is 0 Å². The lowest BCUT2D eigenvalue weighted by Gasteiger charge is -2.08. The molecule has 17 heavy (non-hydrogen) atoms. The summed E-state index contributed by atoms with van der Waals surface area (Å²) in [4.78, 5) is 11.1. The van der Waals surface area contributed by atoms with Gasteiger partial charge in [-0.2, -0.15) is 0 Å². The number of hydrogen-bond acceptors (Lipinski definition) is 2. The molecule has 0 heterocycles. The van der Waals surface area contributed by atoms with E-state index in [9.17, 15) is 4.79 Å². The maximum atomic E-state index is 11.1. The van der Waals surface area contributed by atoms with E-state index >= 15 is 0 Å². The highest BCUT2D eigenvalue weighted by Gasteiger charge is 2.13. The van der Waals surface area contributed by atoms with Gasteiger partial charge in [0, 0.05) is 1.37 Å². The Bertz CT molecular complexity index is 605. The summed E-state index contributed by atoms with van der Waals surface area (Å²) >= 11 is 0. The number of carboxylic acid groups (broad SMARTS) is 1. The van der Waals surface area contributed by atoms with E-state index in [2.05, 4.69) is 0 Å². The first-order valence-corrected chi connectivity index (χ1v) is 5.27. The molecule has 2 aromatic rings. The highest BCUT2D eigenvalue weighted by atomic mass is 16.5. The number of carbonyl (C=O) groups is 1. The van der Waals surface area contributed by atoms with E-state index < -0.39 is 11.9 Å². The highest BCUT2D eigenvalue weighted by molar-refractivity contribution is 5.86. The van der Waals surface area contributed by atoms with Crippen molar-refractivity contribution >= 4 is 16.7 Å². The number of fused-ring (bicyclic) bond motifs is 1. The Labute approximate surface area is 101 Å². The van der Waals surface area contributed by atoms with Crippen LogP contribution in [0.2, 0.25) is 0 Å². The quantitative estimate of drug-likeness (QED) is 0.883. The largest absolute Gasteiger partial charge is 0.497 e. The minimum absolute atomic E-state index is 0.465. The van der Waals surface area contributed by atoms with E-state index in [0.29, 0.717) is 5.56 Å². The molecule has 0 aromatic heterocycles. The minimum Gasteiger partial charge on any atom is -0.497 e. The number of rotatable bonds is 3. The predicted molar refractivity (Wildman–Crippen MR) is 66.6 cm³/mol. The summed E-state index contributed by atoms with van der Waals surface area (Å²) in [6, 6.07) is 10.8. The molecule has 0 radical (unpaired) electrons. The first kappa shape index (κ1) is 10.1. The van der Waals surface area contributed by atoms with Gasteiger partial charge in [0.25, 0.3) is 0 Å². The van der Waals surface area contributed by atoms with Crippen LogP contribution < -0.4 is 4.74 Å². The van der Waals surface area contributed by atoms with Crippen LogP contribution in [0.4, 0.5) is 0 Å². The van der Waals surface area contributed by atoms with E-state index in [1.807, 2.05) is 24.3 Å². The lowest BCUT2D eigenvalue weighted by Crippen LogP contribution is -2.06. The van der Waals surface area contributed by atoms with Crippen molar-refractivity contribution in [1.29, 1.82) is 0 Å². The van der Waals surface area contributed by atoms with E-state index in [1.54, 1.807) is 19.2 Å². The van der Waals surface area contributed by atoms with E-state index in [-0.39, 0.29) is 0 Å². The zero-order valence-electron chi connectivity index (χ0n) is 10.7.